The molecule has 4 aromatic heterocycles. The van der Waals surface area contributed by atoms with Crippen LogP contribution in [0.1, 0.15) is 0 Å². The Balaban J connectivity index is 2.01. The van der Waals surface area contributed by atoms with Crippen LogP contribution in [-0.4, -0.2) is 36.6 Å². The molecule has 4 aromatic rings. The van der Waals surface area contributed by atoms with E-state index in [1.807, 2.05) is 24.5 Å². The van der Waals surface area contributed by atoms with Crippen molar-refractivity contribution in [1.29, 1.82) is 0 Å². The lowest BCUT2D eigenvalue weighted by molar-refractivity contribution is 0.941. The fraction of sp³-hybridized carbons (Fsp3) is 0.0769. The molecular formula is C13H12N8. The number of aromatic nitrogens is 6. The van der Waals surface area contributed by atoms with Gasteiger partial charge in [0.2, 0.25) is 5.95 Å². The second-order valence-electron chi connectivity index (χ2n) is 4.55. The second kappa shape index (κ2) is 4.17. The van der Waals surface area contributed by atoms with Crippen molar-refractivity contribution in [3.8, 4) is 11.3 Å². The van der Waals surface area contributed by atoms with Gasteiger partial charge in [0.25, 0.3) is 0 Å². The third-order valence-corrected chi connectivity index (χ3v) is 3.32. The van der Waals surface area contributed by atoms with Crippen LogP contribution in [0, 0.1) is 0 Å². The van der Waals surface area contributed by atoms with Crippen LogP contribution in [0.15, 0.2) is 30.7 Å². The minimum absolute atomic E-state index is 0.222. The number of H-pyrrole nitrogens is 1. The van der Waals surface area contributed by atoms with E-state index < -0.39 is 0 Å². The Kier molecular flexibility index (Phi) is 2.31. The minimum Gasteiger partial charge on any atom is -0.372 e. The van der Waals surface area contributed by atoms with Crippen molar-refractivity contribution in [2.75, 3.05) is 18.1 Å². The van der Waals surface area contributed by atoms with E-state index in [-0.39, 0.29) is 5.95 Å². The van der Waals surface area contributed by atoms with Crippen LogP contribution in [0.2, 0.25) is 0 Å². The Morgan fingerprint density at radius 1 is 1.24 bits per heavy atom. The summed E-state index contributed by atoms with van der Waals surface area (Å²) in [5.74, 6) is 0.892. The summed E-state index contributed by atoms with van der Waals surface area (Å²) in [7, 11) is 1.80. The Morgan fingerprint density at radius 3 is 3.00 bits per heavy atom. The van der Waals surface area contributed by atoms with Crippen LogP contribution in [0.25, 0.3) is 27.9 Å². The van der Waals surface area contributed by atoms with E-state index in [4.69, 9.17) is 5.73 Å². The Hall–Kier alpha value is -3.16. The molecule has 0 aliphatic rings. The van der Waals surface area contributed by atoms with Crippen molar-refractivity contribution in [3.63, 3.8) is 0 Å². The molecule has 8 nitrogen and oxygen atoms in total. The predicted octanol–water partition coefficient (Wildman–Crippen LogP) is 1.29. The number of nitrogens with zero attached hydrogens (tertiary/aromatic N) is 5. The molecule has 0 saturated carbocycles. The summed E-state index contributed by atoms with van der Waals surface area (Å²) in [5.41, 5.74) is 8.89. The maximum Gasteiger partial charge on any atom is 0.223 e. The zero-order chi connectivity index (χ0) is 14.4. The van der Waals surface area contributed by atoms with Crippen LogP contribution < -0.4 is 11.1 Å². The highest BCUT2D eigenvalue weighted by molar-refractivity contribution is 6.00. The van der Waals surface area contributed by atoms with Gasteiger partial charge >= 0.3 is 0 Å². The third-order valence-electron chi connectivity index (χ3n) is 3.32. The fourth-order valence-corrected chi connectivity index (χ4v) is 2.40. The summed E-state index contributed by atoms with van der Waals surface area (Å²) in [5, 5.41) is 8.05. The number of hydrogen-bond acceptors (Lipinski definition) is 6. The standard InChI is InChI=1S/C13H12N8/c1-15-11-10-7(6-16-12(10)20-13(14)19-11)8-3-5-21-9(18-8)2-4-17-21/h2-6H,1H3,(H4,14,15,16,19,20). The lowest BCUT2D eigenvalue weighted by atomic mass is 10.1. The van der Waals surface area contributed by atoms with Gasteiger partial charge in [-0.2, -0.15) is 15.1 Å². The van der Waals surface area contributed by atoms with Gasteiger partial charge in [0.05, 0.1) is 17.3 Å². The van der Waals surface area contributed by atoms with Crippen LogP contribution >= 0.6 is 0 Å². The van der Waals surface area contributed by atoms with Crippen molar-refractivity contribution < 1.29 is 0 Å². The van der Waals surface area contributed by atoms with Gasteiger partial charge in [-0.05, 0) is 6.07 Å². The Labute approximate surface area is 119 Å². The fourth-order valence-electron chi connectivity index (χ4n) is 2.40. The summed E-state index contributed by atoms with van der Waals surface area (Å²) >= 11 is 0. The normalized spacial score (nSPS) is 11.3. The van der Waals surface area contributed by atoms with Gasteiger partial charge in [0, 0.05) is 31.1 Å². The smallest absolute Gasteiger partial charge is 0.223 e. The molecule has 0 saturated heterocycles. The van der Waals surface area contributed by atoms with Crippen molar-refractivity contribution in [3.05, 3.63) is 30.7 Å². The van der Waals surface area contributed by atoms with E-state index in [0.717, 1.165) is 22.3 Å². The molecule has 104 valence electrons. The lowest BCUT2D eigenvalue weighted by Crippen LogP contribution is -2.01. The zero-order valence-electron chi connectivity index (χ0n) is 11.2. The summed E-state index contributed by atoms with van der Waals surface area (Å²) in [6, 6.07) is 3.75. The van der Waals surface area contributed by atoms with Crippen LogP contribution in [0.3, 0.4) is 0 Å². The first-order valence-corrected chi connectivity index (χ1v) is 6.39. The number of aromatic amines is 1. The first kappa shape index (κ1) is 11.6. The molecule has 4 heterocycles. The molecule has 0 aliphatic heterocycles. The molecule has 4 rings (SSSR count). The van der Waals surface area contributed by atoms with Gasteiger partial charge in [0.1, 0.15) is 11.5 Å². The average molecular weight is 280 g/mol. The summed E-state index contributed by atoms with van der Waals surface area (Å²) in [4.78, 5) is 16.1. The van der Waals surface area contributed by atoms with Gasteiger partial charge in [-0.3, -0.25) is 0 Å². The first-order chi connectivity index (χ1) is 10.3. The highest BCUT2D eigenvalue weighted by Gasteiger charge is 2.14. The molecule has 0 unspecified atom stereocenters. The molecule has 0 amide bonds. The van der Waals surface area contributed by atoms with Crippen molar-refractivity contribution in [1.82, 2.24) is 29.5 Å². The average Bonchev–Trinajstić information content (AvgIpc) is 3.11. The number of nitrogens with one attached hydrogen (secondary N) is 2. The number of fused-ring (bicyclic) bond motifs is 2. The number of anilines is 2. The van der Waals surface area contributed by atoms with Crippen LogP contribution in [0.5, 0.6) is 0 Å². The highest BCUT2D eigenvalue weighted by atomic mass is 15.2. The van der Waals surface area contributed by atoms with Gasteiger partial charge in [-0.25, -0.2) is 9.50 Å². The molecule has 0 fully saturated rings. The van der Waals surface area contributed by atoms with E-state index in [0.29, 0.717) is 11.5 Å². The Morgan fingerprint density at radius 2 is 2.14 bits per heavy atom. The Bertz CT molecular complexity index is 951. The van der Waals surface area contributed by atoms with Gasteiger partial charge < -0.3 is 16.0 Å². The lowest BCUT2D eigenvalue weighted by Gasteiger charge is -2.05. The molecule has 4 N–H and O–H groups in total. The summed E-state index contributed by atoms with van der Waals surface area (Å²) in [6.45, 7) is 0. The van der Waals surface area contributed by atoms with E-state index in [2.05, 4.69) is 30.4 Å². The van der Waals surface area contributed by atoms with E-state index >= 15 is 0 Å². The molecule has 21 heavy (non-hydrogen) atoms. The topological polar surface area (TPSA) is 110 Å². The monoisotopic (exact) mass is 280 g/mol. The van der Waals surface area contributed by atoms with Crippen molar-refractivity contribution in [2.24, 2.45) is 0 Å². The van der Waals surface area contributed by atoms with Gasteiger partial charge in [0.15, 0.2) is 5.65 Å². The van der Waals surface area contributed by atoms with Gasteiger partial charge in [-0.15, -0.1) is 0 Å². The molecule has 0 atom stereocenters. The molecule has 0 spiro atoms. The molecular weight excluding hydrogens is 268 g/mol. The number of hydrogen-bond donors (Lipinski definition) is 3. The first-order valence-electron chi connectivity index (χ1n) is 6.39. The predicted molar refractivity (Wildman–Crippen MR) is 79.8 cm³/mol. The maximum atomic E-state index is 5.70. The van der Waals surface area contributed by atoms with E-state index in [1.165, 1.54) is 0 Å². The molecule has 0 bridgehead atoms. The van der Waals surface area contributed by atoms with E-state index in [1.54, 1.807) is 17.8 Å². The van der Waals surface area contributed by atoms with Crippen molar-refractivity contribution in [2.45, 2.75) is 0 Å². The molecule has 8 heteroatoms. The summed E-state index contributed by atoms with van der Waals surface area (Å²) in [6.07, 6.45) is 5.44. The second-order valence-corrected chi connectivity index (χ2v) is 4.55. The number of nitrogens with two attached hydrogens (primary N) is 1. The summed E-state index contributed by atoms with van der Waals surface area (Å²) < 4.78 is 1.71. The van der Waals surface area contributed by atoms with Gasteiger partial charge in [-0.1, -0.05) is 0 Å². The number of rotatable bonds is 2. The third kappa shape index (κ3) is 1.69. The maximum absolute atomic E-state index is 5.70. The quantitative estimate of drug-likeness (QED) is 0.510. The molecule has 0 aromatic carbocycles. The molecule has 0 radical (unpaired) electrons. The highest BCUT2D eigenvalue weighted by Crippen LogP contribution is 2.31. The largest absolute Gasteiger partial charge is 0.372 e. The van der Waals surface area contributed by atoms with Crippen LogP contribution in [0.4, 0.5) is 11.8 Å². The van der Waals surface area contributed by atoms with Crippen LogP contribution in [-0.2, 0) is 0 Å². The van der Waals surface area contributed by atoms with E-state index in [9.17, 15) is 0 Å². The van der Waals surface area contributed by atoms with Crippen molar-refractivity contribution >= 4 is 28.4 Å². The zero-order valence-corrected chi connectivity index (χ0v) is 11.2. The SMILES string of the molecule is CNc1nc(N)nc2[nH]cc(-c3ccn4nccc4n3)c12. The number of nitrogen functional groups attached to an aromatic ring is 1. The minimum atomic E-state index is 0.222. The molecule has 0 aliphatic carbocycles.